The molecule has 1 aliphatic carbocycles. The highest BCUT2D eigenvalue weighted by molar-refractivity contribution is 5.80. The fraction of sp³-hybridized carbons (Fsp3) is 0.652. The van der Waals surface area contributed by atoms with Crippen LogP contribution in [0.3, 0.4) is 0 Å². The van der Waals surface area contributed by atoms with Crippen LogP contribution in [0.4, 0.5) is 4.79 Å². The van der Waals surface area contributed by atoms with E-state index in [4.69, 9.17) is 4.74 Å². The van der Waals surface area contributed by atoms with Gasteiger partial charge in [0.25, 0.3) is 0 Å². The predicted octanol–water partition coefficient (Wildman–Crippen LogP) is 2.90. The minimum atomic E-state index is -0.464. The van der Waals surface area contributed by atoms with Crippen molar-refractivity contribution in [1.29, 1.82) is 0 Å². The van der Waals surface area contributed by atoms with E-state index in [1.165, 1.54) is 5.56 Å². The largest absolute Gasteiger partial charge is 0.450 e. The van der Waals surface area contributed by atoms with Gasteiger partial charge in [0.05, 0.1) is 19.1 Å². The summed E-state index contributed by atoms with van der Waals surface area (Å²) in [6.07, 6.45) is 0.229. The molecule has 1 saturated heterocycles. The second-order valence-corrected chi connectivity index (χ2v) is 8.97. The summed E-state index contributed by atoms with van der Waals surface area (Å²) >= 11 is 0. The zero-order valence-corrected chi connectivity index (χ0v) is 18.0. The first-order valence-electron chi connectivity index (χ1n) is 10.7. The van der Waals surface area contributed by atoms with Crippen molar-refractivity contribution in [2.24, 2.45) is 17.8 Å². The monoisotopic (exact) mass is 402 g/mol. The number of aliphatic hydroxyl groups excluding tert-OH is 1. The summed E-state index contributed by atoms with van der Waals surface area (Å²) in [7, 11) is 0. The number of rotatable bonds is 8. The minimum absolute atomic E-state index is 0.120. The van der Waals surface area contributed by atoms with Gasteiger partial charge >= 0.3 is 6.09 Å². The van der Waals surface area contributed by atoms with Crippen LogP contribution in [0.5, 0.6) is 0 Å². The lowest BCUT2D eigenvalue weighted by molar-refractivity contribution is -0.135. The van der Waals surface area contributed by atoms with E-state index in [2.05, 4.69) is 43.4 Å². The Labute approximate surface area is 173 Å². The molecular weight excluding hydrogens is 368 g/mol. The zero-order valence-electron chi connectivity index (χ0n) is 18.0. The number of carbonyl (C=O) groups excluding carboxylic acids is 2. The Bertz CT molecular complexity index is 736. The second-order valence-electron chi connectivity index (χ2n) is 8.97. The fourth-order valence-electron chi connectivity index (χ4n) is 4.51. The minimum Gasteiger partial charge on any atom is -0.450 e. The van der Waals surface area contributed by atoms with Crippen molar-refractivity contribution in [2.45, 2.75) is 45.4 Å². The molecule has 29 heavy (non-hydrogen) atoms. The normalized spacial score (nSPS) is 24.0. The first-order chi connectivity index (χ1) is 13.8. The highest BCUT2D eigenvalue weighted by Gasteiger charge is 2.57. The van der Waals surface area contributed by atoms with Gasteiger partial charge in [0.2, 0.25) is 5.91 Å². The Morgan fingerprint density at radius 2 is 1.97 bits per heavy atom. The van der Waals surface area contributed by atoms with E-state index >= 15 is 0 Å². The van der Waals surface area contributed by atoms with Crippen molar-refractivity contribution >= 4 is 12.0 Å². The molecule has 6 nitrogen and oxygen atoms in total. The fourth-order valence-corrected chi connectivity index (χ4v) is 4.51. The van der Waals surface area contributed by atoms with E-state index in [0.717, 1.165) is 18.7 Å². The number of benzene rings is 1. The highest BCUT2D eigenvalue weighted by atomic mass is 16.5. The number of aliphatic hydroxyl groups is 1. The number of hydrogen-bond acceptors (Lipinski definition) is 4. The molecule has 0 radical (unpaired) electrons. The topological polar surface area (TPSA) is 78.9 Å². The number of carbonyl (C=O) groups is 2. The molecule has 0 spiro atoms. The molecule has 1 saturated carbocycles. The molecule has 1 aromatic rings. The van der Waals surface area contributed by atoms with Gasteiger partial charge in [0.15, 0.2) is 0 Å². The molecule has 2 fully saturated rings. The third kappa shape index (κ3) is 4.58. The average molecular weight is 403 g/mol. The van der Waals surface area contributed by atoms with Crippen LogP contribution in [-0.2, 0) is 14.9 Å². The summed E-state index contributed by atoms with van der Waals surface area (Å²) in [5.74, 6) is 1.46. The molecule has 1 aromatic carbocycles. The molecule has 2 N–H and O–H groups in total. The van der Waals surface area contributed by atoms with Gasteiger partial charge in [-0.3, -0.25) is 4.79 Å². The molecule has 0 bridgehead atoms. The molecule has 160 valence electrons. The number of ether oxygens (including phenoxy) is 1. The Balaban J connectivity index is 1.56. The summed E-state index contributed by atoms with van der Waals surface area (Å²) in [6.45, 7) is 10.2. The number of piperidine rings is 1. The molecule has 4 atom stereocenters. The second kappa shape index (κ2) is 8.74. The van der Waals surface area contributed by atoms with Crippen LogP contribution in [0.25, 0.3) is 0 Å². The van der Waals surface area contributed by atoms with Crippen LogP contribution in [0.1, 0.15) is 51.2 Å². The van der Waals surface area contributed by atoms with Crippen LogP contribution in [0.2, 0.25) is 0 Å². The van der Waals surface area contributed by atoms with Crippen molar-refractivity contribution in [3.05, 3.63) is 35.4 Å². The number of fused-ring (bicyclic) bond motifs is 1. The lowest BCUT2D eigenvalue weighted by atomic mass is 9.84. The van der Waals surface area contributed by atoms with Crippen LogP contribution in [0, 0.1) is 17.8 Å². The number of nitrogens with zero attached hydrogens (tertiary/aromatic N) is 1. The van der Waals surface area contributed by atoms with E-state index in [9.17, 15) is 14.7 Å². The predicted molar refractivity (Wildman–Crippen MR) is 112 cm³/mol. The molecular formula is C23H34N2O4. The Morgan fingerprint density at radius 1 is 1.28 bits per heavy atom. The van der Waals surface area contributed by atoms with Gasteiger partial charge in [-0.1, -0.05) is 45.0 Å². The Hall–Kier alpha value is -2.08. The molecule has 0 aromatic heterocycles. The van der Waals surface area contributed by atoms with Crippen LogP contribution < -0.4 is 5.32 Å². The Morgan fingerprint density at radius 3 is 2.55 bits per heavy atom. The summed E-state index contributed by atoms with van der Waals surface area (Å²) in [5, 5.41) is 12.3. The van der Waals surface area contributed by atoms with Gasteiger partial charge < -0.3 is 20.1 Å². The lowest BCUT2D eigenvalue weighted by Gasteiger charge is -2.26. The van der Waals surface area contributed by atoms with Gasteiger partial charge in [0.1, 0.15) is 0 Å². The number of hydrogen-bond donors (Lipinski definition) is 2. The summed E-state index contributed by atoms with van der Waals surface area (Å²) in [4.78, 5) is 26.4. The molecule has 2 amide bonds. The van der Waals surface area contributed by atoms with Gasteiger partial charge in [-0.2, -0.15) is 0 Å². The molecule has 2 aliphatic rings. The third-order valence-corrected chi connectivity index (χ3v) is 6.56. The standard InChI is InChI=1S/C23H34N2O4/c1-5-15(11-24-22(28)29-6-2)21(27)25-12-18-19(13-25)20(18)16-8-7-9-17(10-16)23(3,4)14-26/h7-10,15,18-20,26H,5-6,11-14H2,1-4H3,(H,24,28)/t15-,18-,19+,20+/m1/s1. The van der Waals surface area contributed by atoms with Crippen LogP contribution in [-0.4, -0.2) is 54.9 Å². The Kier molecular flexibility index (Phi) is 6.52. The zero-order chi connectivity index (χ0) is 21.2. The number of likely N-dealkylation sites (tertiary alicyclic amines) is 1. The lowest BCUT2D eigenvalue weighted by Crippen LogP contribution is -2.41. The van der Waals surface area contributed by atoms with Gasteiger partial charge in [-0.25, -0.2) is 4.79 Å². The SMILES string of the molecule is CCOC(=O)NC[C@@H](CC)C(=O)N1C[C@@H]2[C@H](C1)[C@H]2c1cccc(C(C)(C)CO)c1. The van der Waals surface area contributed by atoms with E-state index in [-0.39, 0.29) is 23.8 Å². The van der Waals surface area contributed by atoms with Crippen molar-refractivity contribution in [1.82, 2.24) is 10.2 Å². The molecule has 1 heterocycles. The van der Waals surface area contributed by atoms with E-state index < -0.39 is 6.09 Å². The summed E-state index contributed by atoms with van der Waals surface area (Å²) in [5.41, 5.74) is 2.23. The van der Waals surface area contributed by atoms with Crippen LogP contribution in [0.15, 0.2) is 24.3 Å². The van der Waals surface area contributed by atoms with Crippen molar-refractivity contribution < 1.29 is 19.4 Å². The maximum atomic E-state index is 12.9. The maximum Gasteiger partial charge on any atom is 0.407 e. The average Bonchev–Trinajstić information content (AvgIpc) is 3.22. The smallest absolute Gasteiger partial charge is 0.407 e. The van der Waals surface area contributed by atoms with Crippen molar-refractivity contribution in [3.8, 4) is 0 Å². The molecule has 3 rings (SSSR count). The number of amides is 2. The first kappa shape index (κ1) is 21.6. The van der Waals surface area contributed by atoms with Crippen LogP contribution >= 0.6 is 0 Å². The molecule has 6 heteroatoms. The number of nitrogens with one attached hydrogen (secondary N) is 1. The van der Waals surface area contributed by atoms with Crippen molar-refractivity contribution in [3.63, 3.8) is 0 Å². The van der Waals surface area contributed by atoms with Gasteiger partial charge in [0, 0.05) is 25.0 Å². The maximum absolute atomic E-state index is 12.9. The molecule has 1 aliphatic heterocycles. The first-order valence-corrected chi connectivity index (χ1v) is 10.7. The van der Waals surface area contributed by atoms with E-state index in [1.54, 1.807) is 6.92 Å². The third-order valence-electron chi connectivity index (χ3n) is 6.56. The summed E-state index contributed by atoms with van der Waals surface area (Å²) < 4.78 is 4.88. The summed E-state index contributed by atoms with van der Waals surface area (Å²) in [6, 6.07) is 8.55. The van der Waals surface area contributed by atoms with Crippen molar-refractivity contribution in [2.75, 3.05) is 32.8 Å². The van der Waals surface area contributed by atoms with E-state index in [1.807, 2.05) is 11.8 Å². The van der Waals surface area contributed by atoms with E-state index in [0.29, 0.717) is 37.3 Å². The highest BCUT2D eigenvalue weighted by Crippen LogP contribution is 2.58. The van der Waals surface area contributed by atoms with Gasteiger partial charge in [-0.05, 0) is 42.2 Å². The molecule has 0 unspecified atom stereocenters. The number of alkyl carbamates (subject to hydrolysis) is 1. The van der Waals surface area contributed by atoms with Gasteiger partial charge in [-0.15, -0.1) is 0 Å². The quantitative estimate of drug-likeness (QED) is 0.701.